The van der Waals surface area contributed by atoms with Crippen molar-refractivity contribution in [1.29, 1.82) is 0 Å². The van der Waals surface area contributed by atoms with E-state index in [2.05, 4.69) is 44.5 Å². The monoisotopic (exact) mass is 472 g/mol. The maximum absolute atomic E-state index is 12.4. The first-order chi connectivity index (χ1) is 14.7. The Kier molecular flexibility index (Phi) is 7.63. The molecule has 1 saturated heterocycles. The van der Waals surface area contributed by atoms with Crippen LogP contribution in [0, 0.1) is 0 Å². The number of piperazine rings is 1. The fourth-order valence-electron chi connectivity index (χ4n) is 4.05. The van der Waals surface area contributed by atoms with E-state index in [9.17, 15) is 9.59 Å². The summed E-state index contributed by atoms with van der Waals surface area (Å²) in [4.78, 5) is 30.8. The summed E-state index contributed by atoms with van der Waals surface area (Å²) in [5, 5.41) is 1.23. The number of carbonyl (C=O) groups is 2. The molecule has 2 N–H and O–H groups in total. The number of benzene rings is 2. The maximum atomic E-state index is 12.4. The number of imide groups is 1. The van der Waals surface area contributed by atoms with Crippen molar-refractivity contribution in [3.05, 3.63) is 71.8 Å². The van der Waals surface area contributed by atoms with Gasteiger partial charge in [0.25, 0.3) is 11.8 Å². The molecule has 0 unspecified atom stereocenters. The van der Waals surface area contributed by atoms with Gasteiger partial charge >= 0.3 is 0 Å². The van der Waals surface area contributed by atoms with Crippen LogP contribution in [-0.4, -0.2) is 70.7 Å². The molecule has 2 aliphatic rings. The van der Waals surface area contributed by atoms with Crippen LogP contribution < -0.4 is 4.90 Å². The molecule has 9 heteroatoms. The average Bonchev–Trinajstić information content (AvgIpc) is 3.32. The average molecular weight is 473 g/mol. The van der Waals surface area contributed by atoms with E-state index >= 15 is 0 Å². The Labute approximate surface area is 196 Å². The third kappa shape index (κ3) is 4.40. The zero-order chi connectivity index (χ0) is 20.5. The van der Waals surface area contributed by atoms with Gasteiger partial charge in [0, 0.05) is 44.7 Å². The summed E-state index contributed by atoms with van der Waals surface area (Å²) in [7, 11) is 0. The first-order valence-corrected chi connectivity index (χ1v) is 10.9. The lowest BCUT2D eigenvalue weighted by Gasteiger charge is -2.34. The Morgan fingerprint density at radius 1 is 0.844 bits per heavy atom. The van der Waals surface area contributed by atoms with E-state index in [1.807, 2.05) is 6.08 Å². The minimum atomic E-state index is -0.204. The molecule has 0 spiro atoms. The lowest BCUT2D eigenvalue weighted by Crippen LogP contribution is -2.46. The number of nitrogens with zero attached hydrogens (tertiary/aromatic N) is 4. The van der Waals surface area contributed by atoms with Crippen molar-refractivity contribution in [2.24, 2.45) is 0 Å². The van der Waals surface area contributed by atoms with Gasteiger partial charge in [-0.25, -0.2) is 0 Å². The van der Waals surface area contributed by atoms with E-state index in [1.54, 1.807) is 35.8 Å². The molecule has 7 nitrogen and oxygen atoms in total. The van der Waals surface area contributed by atoms with Gasteiger partial charge in [-0.3, -0.25) is 19.4 Å². The van der Waals surface area contributed by atoms with Gasteiger partial charge in [-0.05, 0) is 35.8 Å². The van der Waals surface area contributed by atoms with Gasteiger partial charge in [0.05, 0.1) is 15.8 Å². The normalized spacial score (nSPS) is 16.4. The fraction of sp³-hybridized carbons (Fsp3) is 0.261. The Balaban J connectivity index is 0.00000144. The summed E-state index contributed by atoms with van der Waals surface area (Å²) in [6, 6.07) is 15.4. The fourth-order valence-corrected chi connectivity index (χ4v) is 4.85. The molecular weight excluding hydrogens is 448 g/mol. The smallest absolute Gasteiger partial charge is 0.261 e. The first kappa shape index (κ1) is 23.9. The topological polar surface area (TPSA) is 88.2 Å². The largest absolute Gasteiger partial charge is 0.412 e. The van der Waals surface area contributed by atoms with E-state index in [1.165, 1.54) is 15.0 Å². The van der Waals surface area contributed by atoms with Crippen LogP contribution in [0.4, 0.5) is 5.82 Å². The maximum Gasteiger partial charge on any atom is 0.261 e. The van der Waals surface area contributed by atoms with Crippen LogP contribution in [0.5, 0.6) is 0 Å². The number of amides is 2. The highest BCUT2D eigenvalue weighted by Gasteiger charge is 2.34. The summed E-state index contributed by atoms with van der Waals surface area (Å²) >= 11 is 1.56. The molecule has 2 amide bonds. The third-order valence-electron chi connectivity index (χ3n) is 5.73. The molecule has 0 atom stereocenters. The molecule has 5 rings (SSSR count). The van der Waals surface area contributed by atoms with Gasteiger partial charge in [-0.2, -0.15) is 4.37 Å². The highest BCUT2D eigenvalue weighted by molar-refractivity contribution is 7.13. The van der Waals surface area contributed by atoms with Crippen LogP contribution in [0.1, 0.15) is 20.7 Å². The third-order valence-corrected chi connectivity index (χ3v) is 6.54. The molecule has 2 aromatic carbocycles. The SMILES string of the molecule is Cl.O.O=C1c2ccccc2C(=O)N1C/C=C\CN1CCN(c2nsc3ccccc23)CC1. The molecule has 168 valence electrons. The van der Waals surface area contributed by atoms with Gasteiger partial charge in [0.15, 0.2) is 0 Å². The summed E-state index contributed by atoms with van der Waals surface area (Å²) in [6.45, 7) is 4.94. The zero-order valence-electron chi connectivity index (χ0n) is 17.4. The molecular formula is C23H25ClN4O3S. The number of carbonyl (C=O) groups excluding carboxylic acids is 2. The van der Waals surface area contributed by atoms with Crippen molar-refractivity contribution >= 4 is 51.7 Å². The predicted molar refractivity (Wildman–Crippen MR) is 130 cm³/mol. The number of anilines is 1. The van der Waals surface area contributed by atoms with Crippen LogP contribution in [-0.2, 0) is 0 Å². The molecule has 1 fully saturated rings. The van der Waals surface area contributed by atoms with E-state index in [4.69, 9.17) is 0 Å². The zero-order valence-corrected chi connectivity index (χ0v) is 19.1. The van der Waals surface area contributed by atoms with Gasteiger partial charge in [-0.15, -0.1) is 12.4 Å². The molecule has 0 radical (unpaired) electrons. The van der Waals surface area contributed by atoms with Crippen LogP contribution in [0.15, 0.2) is 60.7 Å². The number of fused-ring (bicyclic) bond motifs is 2. The van der Waals surface area contributed by atoms with Gasteiger partial charge in [-0.1, -0.05) is 36.4 Å². The summed E-state index contributed by atoms with van der Waals surface area (Å²) < 4.78 is 5.89. The van der Waals surface area contributed by atoms with Crippen LogP contribution in [0.25, 0.3) is 10.1 Å². The first-order valence-electron chi connectivity index (χ1n) is 10.1. The van der Waals surface area contributed by atoms with Crippen molar-refractivity contribution in [2.45, 2.75) is 0 Å². The molecule has 0 bridgehead atoms. The Morgan fingerprint density at radius 3 is 2.12 bits per heavy atom. The van der Waals surface area contributed by atoms with Gasteiger partial charge in [0.2, 0.25) is 0 Å². The molecule has 0 aliphatic carbocycles. The second kappa shape index (κ2) is 10.2. The molecule has 0 saturated carbocycles. The number of rotatable bonds is 5. The van der Waals surface area contributed by atoms with Crippen molar-refractivity contribution in [1.82, 2.24) is 14.2 Å². The number of aromatic nitrogens is 1. The van der Waals surface area contributed by atoms with E-state index in [0.717, 1.165) is 38.5 Å². The number of hydrogen-bond donors (Lipinski definition) is 0. The van der Waals surface area contributed by atoms with Crippen LogP contribution in [0.2, 0.25) is 0 Å². The second-order valence-electron chi connectivity index (χ2n) is 7.53. The Bertz CT molecular complexity index is 1110. The van der Waals surface area contributed by atoms with Crippen LogP contribution >= 0.6 is 23.9 Å². The lowest BCUT2D eigenvalue weighted by atomic mass is 10.1. The Hall–Kier alpha value is -2.78. The van der Waals surface area contributed by atoms with E-state index in [-0.39, 0.29) is 29.7 Å². The predicted octanol–water partition coefficient (Wildman–Crippen LogP) is 2.87. The minimum Gasteiger partial charge on any atom is -0.412 e. The van der Waals surface area contributed by atoms with E-state index in [0.29, 0.717) is 17.7 Å². The quantitative estimate of drug-likeness (QED) is 0.421. The van der Waals surface area contributed by atoms with Crippen molar-refractivity contribution < 1.29 is 15.1 Å². The second-order valence-corrected chi connectivity index (χ2v) is 8.33. The molecule has 2 aliphatic heterocycles. The summed E-state index contributed by atoms with van der Waals surface area (Å²) in [5.41, 5.74) is 1.00. The summed E-state index contributed by atoms with van der Waals surface area (Å²) in [6.07, 6.45) is 3.97. The Morgan fingerprint density at radius 2 is 1.44 bits per heavy atom. The molecule has 32 heavy (non-hydrogen) atoms. The lowest BCUT2D eigenvalue weighted by molar-refractivity contribution is 0.0672. The number of hydrogen-bond acceptors (Lipinski definition) is 6. The van der Waals surface area contributed by atoms with Crippen molar-refractivity contribution in [3.63, 3.8) is 0 Å². The van der Waals surface area contributed by atoms with Gasteiger partial charge < -0.3 is 10.4 Å². The standard InChI is InChI=1S/C23H22N4O2S.ClH.H2O/c28-22-17-7-1-2-8-18(17)23(29)27(22)12-6-5-11-25-13-15-26(16-14-25)21-19-9-3-4-10-20(19)30-24-21;;/h1-10H,11-16H2;1H;1H2/b6-5-;;. The molecule has 3 heterocycles. The minimum absolute atomic E-state index is 0. The van der Waals surface area contributed by atoms with Crippen molar-refractivity contribution in [3.8, 4) is 0 Å². The highest BCUT2D eigenvalue weighted by Crippen LogP contribution is 2.29. The summed E-state index contributed by atoms with van der Waals surface area (Å²) in [5.74, 6) is 0.685. The van der Waals surface area contributed by atoms with Crippen molar-refractivity contribution in [2.75, 3.05) is 44.2 Å². The number of halogens is 1. The molecule has 3 aromatic rings. The van der Waals surface area contributed by atoms with E-state index < -0.39 is 0 Å². The van der Waals surface area contributed by atoms with Crippen LogP contribution in [0.3, 0.4) is 0 Å². The highest BCUT2D eigenvalue weighted by atomic mass is 35.5. The molecule has 1 aromatic heterocycles. The van der Waals surface area contributed by atoms with Gasteiger partial charge in [0.1, 0.15) is 5.82 Å².